The molecule has 0 spiro atoms. The number of carbonyl (C=O) groups is 2. The first-order valence-corrected chi connectivity index (χ1v) is 6.19. The molecule has 5 heteroatoms. The molecule has 98 valence electrons. The molecule has 0 saturated carbocycles. The molecular weight excluding hydrogens is 252 g/mol. The van der Waals surface area contributed by atoms with Crippen molar-refractivity contribution in [1.29, 1.82) is 0 Å². The van der Waals surface area contributed by atoms with Crippen molar-refractivity contribution in [3.05, 3.63) is 28.8 Å². The number of halogens is 1. The van der Waals surface area contributed by atoms with Crippen LogP contribution in [0.5, 0.6) is 0 Å². The van der Waals surface area contributed by atoms with Gasteiger partial charge in [0.05, 0.1) is 10.7 Å². The van der Waals surface area contributed by atoms with Gasteiger partial charge in [-0.15, -0.1) is 0 Å². The van der Waals surface area contributed by atoms with Gasteiger partial charge in [-0.05, 0) is 18.1 Å². The van der Waals surface area contributed by atoms with E-state index < -0.39 is 0 Å². The van der Waals surface area contributed by atoms with Crippen LogP contribution in [0.15, 0.2) is 18.2 Å². The molecular formula is C13H17ClN2O2. The zero-order valence-electron chi connectivity index (χ0n) is 10.6. The molecule has 0 heterocycles. The standard InChI is InChI=1S/C13H17ClN2O2/c1-3-10-5-4-6-11(13(10)14)16(2)8-7-12(18)15-9-17/h4-6,9H,3,7-8H2,1-2H3,(H,15,17,18). The normalized spacial score (nSPS) is 9.94. The van der Waals surface area contributed by atoms with Crippen LogP contribution in [0.2, 0.25) is 5.02 Å². The fourth-order valence-electron chi connectivity index (χ4n) is 1.66. The lowest BCUT2D eigenvalue weighted by atomic mass is 10.1. The molecule has 1 N–H and O–H groups in total. The van der Waals surface area contributed by atoms with E-state index in [0.29, 0.717) is 13.0 Å². The number of amides is 2. The molecule has 4 nitrogen and oxygen atoms in total. The number of benzene rings is 1. The van der Waals surface area contributed by atoms with Crippen LogP contribution in [0.25, 0.3) is 0 Å². The largest absolute Gasteiger partial charge is 0.373 e. The highest BCUT2D eigenvalue weighted by molar-refractivity contribution is 6.34. The zero-order chi connectivity index (χ0) is 13.5. The average molecular weight is 269 g/mol. The summed E-state index contributed by atoms with van der Waals surface area (Å²) in [6.45, 7) is 2.55. The van der Waals surface area contributed by atoms with Gasteiger partial charge in [-0.1, -0.05) is 30.7 Å². The quantitative estimate of drug-likeness (QED) is 0.803. The Morgan fingerprint density at radius 2 is 2.22 bits per heavy atom. The Balaban J connectivity index is 2.69. The molecule has 0 radical (unpaired) electrons. The first kappa shape index (κ1) is 14.5. The van der Waals surface area contributed by atoms with Crippen molar-refractivity contribution in [1.82, 2.24) is 5.32 Å². The number of anilines is 1. The highest BCUT2D eigenvalue weighted by atomic mass is 35.5. The number of hydrogen-bond donors (Lipinski definition) is 1. The molecule has 0 bridgehead atoms. The van der Waals surface area contributed by atoms with E-state index in [4.69, 9.17) is 11.6 Å². The minimum atomic E-state index is -0.292. The number of rotatable bonds is 6. The Hall–Kier alpha value is -1.55. The van der Waals surface area contributed by atoms with Gasteiger partial charge in [0.25, 0.3) is 0 Å². The topological polar surface area (TPSA) is 49.4 Å². The van der Waals surface area contributed by atoms with Crippen molar-refractivity contribution in [2.75, 3.05) is 18.5 Å². The van der Waals surface area contributed by atoms with Gasteiger partial charge in [0.15, 0.2) is 0 Å². The minimum absolute atomic E-state index is 0.252. The number of imide groups is 1. The predicted molar refractivity (Wildman–Crippen MR) is 72.9 cm³/mol. The molecule has 0 saturated heterocycles. The molecule has 2 amide bonds. The van der Waals surface area contributed by atoms with Gasteiger partial charge in [-0.3, -0.25) is 14.9 Å². The third-order valence-corrected chi connectivity index (χ3v) is 3.18. The monoisotopic (exact) mass is 268 g/mol. The van der Waals surface area contributed by atoms with E-state index in [1.54, 1.807) is 0 Å². The van der Waals surface area contributed by atoms with E-state index in [1.807, 2.05) is 37.1 Å². The summed E-state index contributed by atoms with van der Waals surface area (Å²) in [6, 6.07) is 5.85. The number of nitrogens with one attached hydrogen (secondary N) is 1. The first-order valence-electron chi connectivity index (χ1n) is 5.81. The van der Waals surface area contributed by atoms with Crippen LogP contribution in [-0.4, -0.2) is 25.9 Å². The summed E-state index contributed by atoms with van der Waals surface area (Å²) in [5.41, 5.74) is 1.98. The Morgan fingerprint density at radius 1 is 1.50 bits per heavy atom. The molecule has 1 rings (SSSR count). The number of nitrogens with zero attached hydrogens (tertiary/aromatic N) is 1. The predicted octanol–water partition coefficient (Wildman–Crippen LogP) is 2.00. The van der Waals surface area contributed by atoms with Gasteiger partial charge >= 0.3 is 0 Å². The molecule has 0 aromatic heterocycles. The Morgan fingerprint density at radius 3 is 2.83 bits per heavy atom. The van der Waals surface area contributed by atoms with Crippen LogP contribution >= 0.6 is 11.6 Å². The van der Waals surface area contributed by atoms with Crippen molar-refractivity contribution < 1.29 is 9.59 Å². The van der Waals surface area contributed by atoms with Crippen LogP contribution in [-0.2, 0) is 16.0 Å². The smallest absolute Gasteiger partial charge is 0.228 e. The van der Waals surface area contributed by atoms with Crippen molar-refractivity contribution >= 4 is 29.6 Å². The zero-order valence-corrected chi connectivity index (χ0v) is 11.3. The van der Waals surface area contributed by atoms with E-state index in [0.717, 1.165) is 22.7 Å². The number of aryl methyl sites for hydroxylation is 1. The van der Waals surface area contributed by atoms with Gasteiger partial charge in [0.2, 0.25) is 12.3 Å². The Kier molecular flexibility index (Phi) is 5.65. The van der Waals surface area contributed by atoms with Crippen molar-refractivity contribution in [3.63, 3.8) is 0 Å². The molecule has 18 heavy (non-hydrogen) atoms. The second-order valence-corrected chi connectivity index (χ2v) is 4.34. The van der Waals surface area contributed by atoms with Crippen LogP contribution in [0.3, 0.4) is 0 Å². The van der Waals surface area contributed by atoms with Crippen LogP contribution < -0.4 is 10.2 Å². The summed E-state index contributed by atoms with van der Waals surface area (Å²) in [5, 5.41) is 2.83. The van der Waals surface area contributed by atoms with Crippen molar-refractivity contribution in [3.8, 4) is 0 Å². The van der Waals surface area contributed by atoms with Crippen molar-refractivity contribution in [2.45, 2.75) is 19.8 Å². The summed E-state index contributed by atoms with van der Waals surface area (Å²) >= 11 is 6.28. The molecule has 0 aliphatic rings. The van der Waals surface area contributed by atoms with Gasteiger partial charge in [-0.2, -0.15) is 0 Å². The maximum absolute atomic E-state index is 11.2. The number of carbonyl (C=O) groups excluding carboxylic acids is 2. The molecule has 0 aliphatic heterocycles. The Bertz CT molecular complexity index is 435. The SMILES string of the molecule is CCc1cccc(N(C)CCC(=O)NC=O)c1Cl. The summed E-state index contributed by atoms with van der Waals surface area (Å²) in [5.74, 6) is -0.292. The van der Waals surface area contributed by atoms with Crippen LogP contribution in [0.1, 0.15) is 18.9 Å². The van der Waals surface area contributed by atoms with E-state index in [2.05, 4.69) is 5.32 Å². The molecule has 0 fully saturated rings. The third-order valence-electron chi connectivity index (χ3n) is 2.74. The second-order valence-electron chi connectivity index (χ2n) is 3.96. The minimum Gasteiger partial charge on any atom is -0.373 e. The fourth-order valence-corrected chi connectivity index (χ4v) is 2.07. The molecule has 0 unspecified atom stereocenters. The first-order chi connectivity index (χ1) is 8.60. The highest BCUT2D eigenvalue weighted by Crippen LogP contribution is 2.28. The van der Waals surface area contributed by atoms with Crippen LogP contribution in [0, 0.1) is 0 Å². The molecule has 1 aromatic carbocycles. The fraction of sp³-hybridized carbons (Fsp3) is 0.385. The molecule has 0 atom stereocenters. The van der Waals surface area contributed by atoms with Crippen LogP contribution in [0.4, 0.5) is 5.69 Å². The summed E-state index contributed by atoms with van der Waals surface area (Å²) in [6.07, 6.45) is 1.51. The lowest BCUT2D eigenvalue weighted by molar-refractivity contribution is -0.125. The van der Waals surface area contributed by atoms with E-state index in [-0.39, 0.29) is 12.3 Å². The summed E-state index contributed by atoms with van der Waals surface area (Å²) in [4.78, 5) is 23.2. The van der Waals surface area contributed by atoms with E-state index in [9.17, 15) is 9.59 Å². The Labute approximate surface area is 112 Å². The second kappa shape index (κ2) is 7.01. The summed E-state index contributed by atoms with van der Waals surface area (Å²) < 4.78 is 0. The summed E-state index contributed by atoms with van der Waals surface area (Å²) in [7, 11) is 1.87. The van der Waals surface area contributed by atoms with Gasteiger partial charge in [-0.25, -0.2) is 0 Å². The molecule has 1 aromatic rings. The third kappa shape index (κ3) is 3.74. The van der Waals surface area contributed by atoms with E-state index in [1.165, 1.54) is 0 Å². The van der Waals surface area contributed by atoms with Gasteiger partial charge in [0, 0.05) is 20.0 Å². The lowest BCUT2D eigenvalue weighted by Gasteiger charge is -2.21. The lowest BCUT2D eigenvalue weighted by Crippen LogP contribution is -2.28. The van der Waals surface area contributed by atoms with Crippen molar-refractivity contribution in [2.24, 2.45) is 0 Å². The van der Waals surface area contributed by atoms with E-state index >= 15 is 0 Å². The molecule has 0 aliphatic carbocycles. The maximum Gasteiger partial charge on any atom is 0.228 e. The average Bonchev–Trinajstić information content (AvgIpc) is 2.36. The van der Waals surface area contributed by atoms with Gasteiger partial charge < -0.3 is 4.90 Å². The highest BCUT2D eigenvalue weighted by Gasteiger charge is 2.10. The maximum atomic E-state index is 11.2. The van der Waals surface area contributed by atoms with Gasteiger partial charge in [0.1, 0.15) is 0 Å². The number of hydrogen-bond acceptors (Lipinski definition) is 3.